The maximum Gasteiger partial charge on any atom is 0.335 e. The molecule has 7 nitrogen and oxygen atoms in total. The molecule has 1 saturated carbocycles. The second kappa shape index (κ2) is 8.40. The molecule has 138 valence electrons. The number of carbonyl (C=O) groups is 3. The smallest absolute Gasteiger partial charge is 0.335 e. The first-order chi connectivity index (χ1) is 12.0. The Hall–Kier alpha value is -1.99. The van der Waals surface area contributed by atoms with Crippen molar-refractivity contribution in [2.75, 3.05) is 13.2 Å². The zero-order valence-electron chi connectivity index (χ0n) is 14.5. The lowest BCUT2D eigenvalue weighted by Crippen LogP contribution is -2.27. The summed E-state index contributed by atoms with van der Waals surface area (Å²) in [6.45, 7) is 4.19. The van der Waals surface area contributed by atoms with E-state index in [2.05, 4.69) is 0 Å². The van der Waals surface area contributed by atoms with E-state index in [1.54, 1.807) is 19.9 Å². The third kappa shape index (κ3) is 3.99. The Bertz CT molecular complexity index is 591. The van der Waals surface area contributed by atoms with Crippen LogP contribution in [0.15, 0.2) is 22.8 Å². The number of rotatable bonds is 11. The highest BCUT2D eigenvalue weighted by Gasteiger charge is 2.69. The van der Waals surface area contributed by atoms with Crippen LogP contribution in [0.2, 0.25) is 0 Å². The lowest BCUT2D eigenvalue weighted by atomic mass is 9.90. The minimum atomic E-state index is -1.40. The highest BCUT2D eigenvalue weighted by molar-refractivity contribution is 6.63. The van der Waals surface area contributed by atoms with Crippen molar-refractivity contribution in [2.24, 2.45) is 5.41 Å². The van der Waals surface area contributed by atoms with Gasteiger partial charge >= 0.3 is 5.97 Å². The Morgan fingerprint density at radius 3 is 2.48 bits per heavy atom. The maximum absolute atomic E-state index is 11.9. The van der Waals surface area contributed by atoms with E-state index in [4.69, 9.17) is 13.9 Å². The van der Waals surface area contributed by atoms with E-state index in [0.29, 0.717) is 25.9 Å². The van der Waals surface area contributed by atoms with Crippen LogP contribution in [-0.2, 0) is 23.9 Å². The van der Waals surface area contributed by atoms with Gasteiger partial charge in [0.15, 0.2) is 6.10 Å². The van der Waals surface area contributed by atoms with Crippen LogP contribution in [0.4, 0.5) is 0 Å². The Labute approximate surface area is 146 Å². The van der Waals surface area contributed by atoms with Crippen LogP contribution in [0.25, 0.3) is 0 Å². The standard InChI is InChI=1S/C18H24O7/c1-3-23-13(17(22)24-4-2)8-5-6-10-18(15(20)16(18)21)14(19)12-9-7-11-25-12/h7,9,11,13-14,19H,3-6,8,10H2,1-2H3. The van der Waals surface area contributed by atoms with Crippen molar-refractivity contribution in [3.63, 3.8) is 0 Å². The molecule has 0 saturated heterocycles. The number of unbranched alkanes of at least 4 members (excludes halogenated alkanes) is 1. The quantitative estimate of drug-likeness (QED) is 0.281. The molecule has 2 atom stereocenters. The molecule has 1 heterocycles. The van der Waals surface area contributed by atoms with Crippen molar-refractivity contribution in [1.82, 2.24) is 0 Å². The van der Waals surface area contributed by atoms with Gasteiger partial charge in [0.05, 0.1) is 12.9 Å². The van der Waals surface area contributed by atoms with Gasteiger partial charge in [0.1, 0.15) is 17.3 Å². The largest absolute Gasteiger partial charge is 0.467 e. The minimum absolute atomic E-state index is 0.206. The summed E-state index contributed by atoms with van der Waals surface area (Å²) in [5.41, 5.74) is -1.40. The summed E-state index contributed by atoms with van der Waals surface area (Å²) in [5, 5.41) is 10.4. The fourth-order valence-electron chi connectivity index (χ4n) is 3.02. The topological polar surface area (TPSA) is 103 Å². The number of aliphatic hydroxyl groups excluding tert-OH is 1. The fourth-order valence-corrected chi connectivity index (χ4v) is 3.02. The monoisotopic (exact) mass is 352 g/mol. The molecule has 1 fully saturated rings. The van der Waals surface area contributed by atoms with Gasteiger partial charge in [-0.25, -0.2) is 4.79 Å². The molecule has 1 aromatic rings. The molecule has 0 spiro atoms. The average molecular weight is 352 g/mol. The van der Waals surface area contributed by atoms with Crippen molar-refractivity contribution in [3.05, 3.63) is 24.2 Å². The molecule has 0 radical (unpaired) electrons. The third-order valence-electron chi connectivity index (χ3n) is 4.44. The van der Waals surface area contributed by atoms with Crippen molar-refractivity contribution in [1.29, 1.82) is 0 Å². The number of hydrogen-bond donors (Lipinski definition) is 1. The Morgan fingerprint density at radius 2 is 1.96 bits per heavy atom. The normalized spacial score (nSPS) is 18.0. The van der Waals surface area contributed by atoms with Crippen LogP contribution in [-0.4, -0.2) is 42.0 Å². The summed E-state index contributed by atoms with van der Waals surface area (Å²) in [7, 11) is 0. The molecule has 0 bridgehead atoms. The minimum Gasteiger partial charge on any atom is -0.467 e. The summed E-state index contributed by atoms with van der Waals surface area (Å²) in [4.78, 5) is 35.5. The maximum atomic E-state index is 11.9. The van der Waals surface area contributed by atoms with Crippen LogP contribution in [0.1, 0.15) is 51.4 Å². The number of carbonyl (C=O) groups excluding carboxylic acids is 3. The molecular formula is C18H24O7. The SMILES string of the molecule is CCOC(=O)C(CCCCC1(C(O)c2ccco2)C(=O)C1=O)OCC. The Kier molecular flexibility index (Phi) is 6.50. The number of furan rings is 1. The zero-order valence-corrected chi connectivity index (χ0v) is 14.5. The summed E-state index contributed by atoms with van der Waals surface area (Å²) in [6.07, 6.45) is 1.18. The van der Waals surface area contributed by atoms with Gasteiger partial charge in [-0.2, -0.15) is 0 Å². The number of ketones is 2. The van der Waals surface area contributed by atoms with Gasteiger partial charge in [0.2, 0.25) is 11.6 Å². The van der Waals surface area contributed by atoms with Gasteiger partial charge in [-0.3, -0.25) is 9.59 Å². The van der Waals surface area contributed by atoms with Gasteiger partial charge in [-0.05, 0) is 38.8 Å². The van der Waals surface area contributed by atoms with Crippen LogP contribution in [0.3, 0.4) is 0 Å². The lowest BCUT2D eigenvalue weighted by molar-refractivity contribution is -0.157. The van der Waals surface area contributed by atoms with Gasteiger partial charge < -0.3 is 19.0 Å². The molecule has 0 aliphatic heterocycles. The summed E-state index contributed by atoms with van der Waals surface area (Å²) in [5.74, 6) is -1.34. The number of aliphatic hydroxyl groups is 1. The van der Waals surface area contributed by atoms with Crippen molar-refractivity contribution >= 4 is 17.5 Å². The highest BCUT2D eigenvalue weighted by Crippen LogP contribution is 2.51. The van der Waals surface area contributed by atoms with Crippen LogP contribution >= 0.6 is 0 Å². The first-order valence-corrected chi connectivity index (χ1v) is 8.57. The van der Waals surface area contributed by atoms with Crippen molar-refractivity contribution < 1.29 is 33.4 Å². The molecule has 2 rings (SSSR count). The average Bonchev–Trinajstić information content (AvgIpc) is 3.00. The summed E-state index contributed by atoms with van der Waals surface area (Å²) >= 11 is 0. The van der Waals surface area contributed by atoms with E-state index >= 15 is 0 Å². The van der Waals surface area contributed by atoms with E-state index in [1.165, 1.54) is 12.3 Å². The van der Waals surface area contributed by atoms with Crippen molar-refractivity contribution in [2.45, 2.75) is 51.7 Å². The van der Waals surface area contributed by atoms with Gasteiger partial charge in [-0.15, -0.1) is 0 Å². The van der Waals surface area contributed by atoms with E-state index in [-0.39, 0.29) is 18.8 Å². The second-order valence-electron chi connectivity index (χ2n) is 5.99. The number of esters is 1. The highest BCUT2D eigenvalue weighted by atomic mass is 16.6. The predicted octanol–water partition coefficient (Wildman–Crippen LogP) is 1.98. The van der Waals surface area contributed by atoms with Crippen molar-refractivity contribution in [3.8, 4) is 0 Å². The first kappa shape index (κ1) is 19.3. The number of Topliss-reactive ketones (excluding diaryl/α,β-unsaturated/α-hetero) is 2. The van der Waals surface area contributed by atoms with Gasteiger partial charge in [-0.1, -0.05) is 12.8 Å². The number of ether oxygens (including phenoxy) is 2. The second-order valence-corrected chi connectivity index (χ2v) is 5.99. The third-order valence-corrected chi connectivity index (χ3v) is 4.44. The van der Waals surface area contributed by atoms with E-state index in [9.17, 15) is 19.5 Å². The van der Waals surface area contributed by atoms with E-state index in [0.717, 1.165) is 0 Å². The molecule has 1 aromatic heterocycles. The van der Waals surface area contributed by atoms with E-state index in [1.807, 2.05) is 0 Å². The fraction of sp³-hybridized carbons (Fsp3) is 0.611. The predicted molar refractivity (Wildman–Crippen MR) is 86.6 cm³/mol. The molecule has 1 aliphatic carbocycles. The lowest BCUT2D eigenvalue weighted by Gasteiger charge is -2.18. The van der Waals surface area contributed by atoms with Crippen LogP contribution < -0.4 is 0 Å². The van der Waals surface area contributed by atoms with Crippen LogP contribution in [0.5, 0.6) is 0 Å². The molecular weight excluding hydrogens is 328 g/mol. The molecule has 25 heavy (non-hydrogen) atoms. The first-order valence-electron chi connectivity index (χ1n) is 8.57. The molecule has 7 heteroatoms. The van der Waals surface area contributed by atoms with Gasteiger partial charge in [0.25, 0.3) is 0 Å². The van der Waals surface area contributed by atoms with E-state index < -0.39 is 35.2 Å². The number of hydrogen-bond acceptors (Lipinski definition) is 7. The molecule has 0 amide bonds. The molecule has 2 unspecified atom stereocenters. The van der Waals surface area contributed by atoms with Crippen LogP contribution in [0, 0.1) is 5.41 Å². The molecule has 1 aliphatic rings. The summed E-state index contributed by atoms with van der Waals surface area (Å²) in [6, 6.07) is 3.13. The summed E-state index contributed by atoms with van der Waals surface area (Å²) < 4.78 is 15.5. The Balaban J connectivity index is 1.89. The Morgan fingerprint density at radius 1 is 1.24 bits per heavy atom. The zero-order chi connectivity index (χ0) is 18.4. The molecule has 1 N–H and O–H groups in total. The van der Waals surface area contributed by atoms with Gasteiger partial charge in [0, 0.05) is 6.61 Å². The molecule has 0 aromatic carbocycles.